The molecular formula is C15H14Cl2O2. The highest BCUT2D eigenvalue weighted by atomic mass is 35.5. The Hall–Kier alpha value is -1.25. The molecule has 0 saturated heterocycles. The zero-order valence-electron chi connectivity index (χ0n) is 10.4. The van der Waals surface area contributed by atoms with Gasteiger partial charge in [0, 0.05) is 6.08 Å². The maximum absolute atomic E-state index is 10.5. The standard InChI is InChI=1S/C15H14Cl2O2/c1-9(6-15(18)19)2-3-10-7-12(10)11-4-5-13(16)14(17)8-11/h2-6,8,10,12H,7H2,1H3,(H,18,19)/b3-2+,9-6+. The van der Waals surface area contributed by atoms with Crippen LogP contribution in [0.3, 0.4) is 0 Å². The summed E-state index contributed by atoms with van der Waals surface area (Å²) in [5.41, 5.74) is 1.93. The number of allylic oxidation sites excluding steroid dienone is 3. The van der Waals surface area contributed by atoms with E-state index in [1.165, 1.54) is 11.6 Å². The summed E-state index contributed by atoms with van der Waals surface area (Å²) in [6.45, 7) is 1.78. The van der Waals surface area contributed by atoms with Crippen LogP contribution >= 0.6 is 23.2 Å². The smallest absolute Gasteiger partial charge is 0.328 e. The molecule has 1 aromatic rings. The molecule has 1 saturated carbocycles. The second-order valence-corrected chi connectivity index (χ2v) is 5.58. The van der Waals surface area contributed by atoms with E-state index in [1.807, 2.05) is 24.3 Å². The van der Waals surface area contributed by atoms with Crippen LogP contribution in [0.1, 0.15) is 24.8 Å². The van der Waals surface area contributed by atoms with E-state index in [-0.39, 0.29) is 0 Å². The van der Waals surface area contributed by atoms with Crippen LogP contribution in [0, 0.1) is 5.92 Å². The minimum atomic E-state index is -0.918. The minimum Gasteiger partial charge on any atom is -0.478 e. The summed E-state index contributed by atoms with van der Waals surface area (Å²) in [6.07, 6.45) is 6.18. The van der Waals surface area contributed by atoms with Gasteiger partial charge >= 0.3 is 5.97 Å². The molecule has 100 valence electrons. The number of hydrogen-bond acceptors (Lipinski definition) is 1. The summed E-state index contributed by atoms with van der Waals surface area (Å²) < 4.78 is 0. The average Bonchev–Trinajstić information content (AvgIpc) is 3.09. The van der Waals surface area contributed by atoms with Crippen molar-refractivity contribution in [3.63, 3.8) is 0 Å². The molecule has 2 atom stereocenters. The van der Waals surface area contributed by atoms with Crippen molar-refractivity contribution in [2.24, 2.45) is 5.92 Å². The van der Waals surface area contributed by atoms with E-state index in [0.29, 0.717) is 21.9 Å². The van der Waals surface area contributed by atoms with Crippen molar-refractivity contribution < 1.29 is 9.90 Å². The molecule has 0 aromatic heterocycles. The molecule has 4 heteroatoms. The maximum Gasteiger partial charge on any atom is 0.328 e. The van der Waals surface area contributed by atoms with Crippen molar-refractivity contribution in [1.82, 2.24) is 0 Å². The van der Waals surface area contributed by atoms with Gasteiger partial charge in [0.2, 0.25) is 0 Å². The summed E-state index contributed by atoms with van der Waals surface area (Å²) >= 11 is 11.9. The third-order valence-electron chi connectivity index (χ3n) is 3.17. The topological polar surface area (TPSA) is 37.3 Å². The summed E-state index contributed by atoms with van der Waals surface area (Å²) in [6, 6.07) is 5.71. The van der Waals surface area contributed by atoms with Gasteiger partial charge in [0.25, 0.3) is 0 Å². The Labute approximate surface area is 122 Å². The van der Waals surface area contributed by atoms with Crippen LogP contribution < -0.4 is 0 Å². The van der Waals surface area contributed by atoms with Crippen molar-refractivity contribution >= 4 is 29.2 Å². The molecule has 19 heavy (non-hydrogen) atoms. The first-order chi connectivity index (χ1) is 8.97. The SMILES string of the molecule is CC(/C=C/C1CC1c1ccc(Cl)c(Cl)c1)=C\C(=O)O. The second-order valence-electron chi connectivity index (χ2n) is 4.77. The molecule has 1 aliphatic carbocycles. The van der Waals surface area contributed by atoms with Crippen LogP contribution in [0.2, 0.25) is 10.0 Å². The van der Waals surface area contributed by atoms with Crippen molar-refractivity contribution in [3.05, 3.63) is 57.6 Å². The van der Waals surface area contributed by atoms with Crippen LogP contribution in [-0.2, 0) is 4.79 Å². The van der Waals surface area contributed by atoms with Gasteiger partial charge in [-0.05, 0) is 48.4 Å². The third-order valence-corrected chi connectivity index (χ3v) is 3.91. The first-order valence-corrected chi connectivity index (χ1v) is 6.77. The highest BCUT2D eigenvalue weighted by Gasteiger charge is 2.36. The molecule has 0 aliphatic heterocycles. The van der Waals surface area contributed by atoms with Crippen LogP contribution in [-0.4, -0.2) is 11.1 Å². The molecule has 1 fully saturated rings. The number of carboxylic acids is 1. The van der Waals surface area contributed by atoms with E-state index in [2.05, 4.69) is 6.08 Å². The molecular weight excluding hydrogens is 283 g/mol. The van der Waals surface area contributed by atoms with Gasteiger partial charge in [0.05, 0.1) is 10.0 Å². The molecule has 0 amide bonds. The van der Waals surface area contributed by atoms with Crippen LogP contribution in [0.15, 0.2) is 42.0 Å². The Balaban J connectivity index is 1.99. The Morgan fingerprint density at radius 1 is 1.37 bits per heavy atom. The lowest BCUT2D eigenvalue weighted by molar-refractivity contribution is -0.131. The molecule has 0 bridgehead atoms. The molecule has 0 heterocycles. The lowest BCUT2D eigenvalue weighted by Crippen LogP contribution is -1.88. The van der Waals surface area contributed by atoms with Gasteiger partial charge in [-0.25, -0.2) is 4.79 Å². The number of carboxylic acid groups (broad SMARTS) is 1. The number of carbonyl (C=O) groups is 1. The Bertz CT molecular complexity index is 561. The monoisotopic (exact) mass is 296 g/mol. The number of halogens is 2. The lowest BCUT2D eigenvalue weighted by atomic mass is 10.1. The first-order valence-electron chi connectivity index (χ1n) is 6.01. The highest BCUT2D eigenvalue weighted by Crippen LogP contribution is 2.49. The fraction of sp³-hybridized carbons (Fsp3) is 0.267. The van der Waals surface area contributed by atoms with Gasteiger partial charge in [0.15, 0.2) is 0 Å². The van der Waals surface area contributed by atoms with Crippen LogP contribution in [0.25, 0.3) is 0 Å². The minimum absolute atomic E-state index is 0.453. The van der Waals surface area contributed by atoms with E-state index >= 15 is 0 Å². The van der Waals surface area contributed by atoms with E-state index in [9.17, 15) is 4.79 Å². The normalized spacial score (nSPS) is 22.8. The molecule has 2 nitrogen and oxygen atoms in total. The molecule has 2 unspecified atom stereocenters. The molecule has 0 radical (unpaired) electrons. The predicted octanol–water partition coefficient (Wildman–Crippen LogP) is 4.68. The van der Waals surface area contributed by atoms with E-state index in [0.717, 1.165) is 12.0 Å². The van der Waals surface area contributed by atoms with E-state index in [1.54, 1.807) is 6.92 Å². The van der Waals surface area contributed by atoms with Gasteiger partial charge in [0.1, 0.15) is 0 Å². The summed E-state index contributed by atoms with van der Waals surface area (Å²) in [7, 11) is 0. The lowest BCUT2D eigenvalue weighted by Gasteiger charge is -2.01. The molecule has 2 rings (SSSR count). The van der Waals surface area contributed by atoms with E-state index in [4.69, 9.17) is 28.3 Å². The molecule has 0 spiro atoms. The van der Waals surface area contributed by atoms with Gasteiger partial charge < -0.3 is 5.11 Å². The van der Waals surface area contributed by atoms with Crippen LogP contribution in [0.5, 0.6) is 0 Å². The van der Waals surface area contributed by atoms with Crippen molar-refractivity contribution in [2.45, 2.75) is 19.3 Å². The second kappa shape index (κ2) is 5.81. The van der Waals surface area contributed by atoms with Gasteiger partial charge in [-0.2, -0.15) is 0 Å². The van der Waals surface area contributed by atoms with E-state index < -0.39 is 5.97 Å². The zero-order valence-corrected chi connectivity index (χ0v) is 11.9. The molecule has 1 aromatic carbocycles. The number of aliphatic carboxylic acids is 1. The quantitative estimate of drug-likeness (QED) is 0.647. The summed E-state index contributed by atoms with van der Waals surface area (Å²) in [4.78, 5) is 10.5. The number of benzene rings is 1. The third kappa shape index (κ3) is 3.85. The average molecular weight is 297 g/mol. The number of rotatable bonds is 4. The largest absolute Gasteiger partial charge is 0.478 e. The summed E-state index contributed by atoms with van der Waals surface area (Å²) in [5.74, 6) is -0.00277. The van der Waals surface area contributed by atoms with Crippen LogP contribution in [0.4, 0.5) is 0 Å². The Morgan fingerprint density at radius 2 is 2.11 bits per heavy atom. The van der Waals surface area contributed by atoms with Crippen molar-refractivity contribution in [3.8, 4) is 0 Å². The predicted molar refractivity (Wildman–Crippen MR) is 77.8 cm³/mol. The van der Waals surface area contributed by atoms with Crippen molar-refractivity contribution in [1.29, 1.82) is 0 Å². The molecule has 1 N–H and O–H groups in total. The fourth-order valence-corrected chi connectivity index (χ4v) is 2.38. The highest BCUT2D eigenvalue weighted by molar-refractivity contribution is 6.42. The van der Waals surface area contributed by atoms with Gasteiger partial charge in [-0.1, -0.05) is 41.4 Å². The van der Waals surface area contributed by atoms with Gasteiger partial charge in [-0.3, -0.25) is 0 Å². The maximum atomic E-state index is 10.5. The zero-order chi connectivity index (χ0) is 14.0. The summed E-state index contributed by atoms with van der Waals surface area (Å²) in [5, 5.41) is 9.76. The first kappa shape index (κ1) is 14.2. The molecule has 1 aliphatic rings. The Morgan fingerprint density at radius 3 is 2.74 bits per heavy atom. The fourth-order valence-electron chi connectivity index (χ4n) is 2.07. The Kier molecular flexibility index (Phi) is 4.33. The van der Waals surface area contributed by atoms with Gasteiger partial charge in [-0.15, -0.1) is 0 Å². The number of hydrogen-bond donors (Lipinski definition) is 1. The van der Waals surface area contributed by atoms with Crippen molar-refractivity contribution in [2.75, 3.05) is 0 Å².